The van der Waals surface area contributed by atoms with Crippen LogP contribution in [0.4, 0.5) is 10.5 Å². The van der Waals surface area contributed by atoms with Crippen molar-refractivity contribution >= 4 is 23.7 Å². The summed E-state index contributed by atoms with van der Waals surface area (Å²) >= 11 is 0. The van der Waals surface area contributed by atoms with E-state index in [1.54, 1.807) is 36.4 Å². The zero-order chi connectivity index (χ0) is 18.7. The normalized spacial score (nSPS) is 21.5. The van der Waals surface area contributed by atoms with E-state index in [2.05, 4.69) is 5.32 Å². The van der Waals surface area contributed by atoms with Gasteiger partial charge >= 0.3 is 6.03 Å². The molecule has 5 heteroatoms. The molecule has 0 spiro atoms. The Morgan fingerprint density at radius 2 is 1.58 bits per heavy atom. The van der Waals surface area contributed by atoms with Crippen molar-refractivity contribution in [2.75, 3.05) is 4.90 Å². The summed E-state index contributed by atoms with van der Waals surface area (Å²) in [6.45, 7) is 3.62. The molecule has 26 heavy (non-hydrogen) atoms. The van der Waals surface area contributed by atoms with Gasteiger partial charge in [-0.1, -0.05) is 74.5 Å². The number of aliphatic hydroxyl groups is 1. The molecular formula is C21H22N2O3. The molecule has 1 heterocycles. The van der Waals surface area contributed by atoms with Gasteiger partial charge in [0, 0.05) is 0 Å². The fourth-order valence-corrected chi connectivity index (χ4v) is 3.23. The van der Waals surface area contributed by atoms with Crippen LogP contribution in [0, 0.1) is 5.92 Å². The van der Waals surface area contributed by atoms with Crippen molar-refractivity contribution in [3.8, 4) is 0 Å². The molecule has 1 saturated heterocycles. The quantitative estimate of drug-likeness (QED) is 0.814. The van der Waals surface area contributed by atoms with Crippen LogP contribution in [0.5, 0.6) is 0 Å². The lowest BCUT2D eigenvalue weighted by atomic mass is 9.80. The van der Waals surface area contributed by atoms with Crippen LogP contribution in [0.25, 0.3) is 6.08 Å². The fraction of sp³-hybridized carbons (Fsp3) is 0.238. The van der Waals surface area contributed by atoms with Crippen LogP contribution in [0.15, 0.2) is 66.7 Å². The van der Waals surface area contributed by atoms with Gasteiger partial charge in [0.05, 0.1) is 5.69 Å². The summed E-state index contributed by atoms with van der Waals surface area (Å²) in [5.74, 6) is -0.753. The molecule has 2 unspecified atom stereocenters. The van der Waals surface area contributed by atoms with Crippen molar-refractivity contribution in [2.24, 2.45) is 5.92 Å². The molecule has 0 radical (unpaired) electrons. The van der Waals surface area contributed by atoms with Gasteiger partial charge in [-0.05, 0) is 23.6 Å². The SMILES string of the molecule is CC(C)C1(C(O)/C=C/c2ccccc2)NC(=O)N(c2ccccc2)C1=O. The molecule has 3 amide bonds. The van der Waals surface area contributed by atoms with Gasteiger partial charge in [0.15, 0.2) is 5.54 Å². The van der Waals surface area contributed by atoms with E-state index in [-0.39, 0.29) is 5.92 Å². The molecule has 134 valence electrons. The second-order valence-corrected chi connectivity index (χ2v) is 6.64. The smallest absolute Gasteiger partial charge is 0.329 e. The van der Waals surface area contributed by atoms with Crippen molar-refractivity contribution in [1.29, 1.82) is 0 Å². The van der Waals surface area contributed by atoms with E-state index in [0.29, 0.717) is 5.69 Å². The number of carbonyl (C=O) groups is 2. The first-order valence-electron chi connectivity index (χ1n) is 8.60. The summed E-state index contributed by atoms with van der Waals surface area (Å²) in [4.78, 5) is 26.8. The molecule has 2 atom stereocenters. The molecule has 2 aromatic carbocycles. The number of anilines is 1. The van der Waals surface area contributed by atoms with Gasteiger partial charge in [-0.25, -0.2) is 9.69 Å². The van der Waals surface area contributed by atoms with E-state index in [9.17, 15) is 14.7 Å². The van der Waals surface area contributed by atoms with Crippen molar-refractivity contribution < 1.29 is 14.7 Å². The van der Waals surface area contributed by atoms with E-state index in [1.807, 2.05) is 50.2 Å². The van der Waals surface area contributed by atoms with Crippen molar-refractivity contribution in [3.05, 3.63) is 72.3 Å². The topological polar surface area (TPSA) is 69.6 Å². The average molecular weight is 350 g/mol. The number of nitrogens with one attached hydrogen (secondary N) is 1. The number of hydrogen-bond donors (Lipinski definition) is 2. The number of hydrogen-bond acceptors (Lipinski definition) is 3. The Bertz CT molecular complexity index is 818. The van der Waals surface area contributed by atoms with Crippen molar-refractivity contribution in [3.63, 3.8) is 0 Å². The minimum absolute atomic E-state index is 0.303. The van der Waals surface area contributed by atoms with E-state index in [0.717, 1.165) is 10.5 Å². The molecule has 0 saturated carbocycles. The number of benzene rings is 2. The van der Waals surface area contributed by atoms with Crippen LogP contribution >= 0.6 is 0 Å². The maximum Gasteiger partial charge on any atom is 0.329 e. The van der Waals surface area contributed by atoms with E-state index in [4.69, 9.17) is 0 Å². The number of urea groups is 1. The van der Waals surface area contributed by atoms with Gasteiger partial charge in [0.1, 0.15) is 6.10 Å². The van der Waals surface area contributed by atoms with Gasteiger partial charge in [-0.15, -0.1) is 0 Å². The first-order chi connectivity index (χ1) is 12.5. The van der Waals surface area contributed by atoms with Crippen LogP contribution in [-0.4, -0.2) is 28.7 Å². The Balaban J connectivity index is 1.94. The minimum atomic E-state index is -1.40. The summed E-state index contributed by atoms with van der Waals surface area (Å²) in [5.41, 5.74) is -0.0167. The molecule has 2 aromatic rings. The molecule has 0 aliphatic carbocycles. The first-order valence-corrected chi connectivity index (χ1v) is 8.60. The molecular weight excluding hydrogens is 328 g/mol. The highest BCUT2D eigenvalue weighted by molar-refractivity contribution is 6.23. The summed E-state index contributed by atoms with van der Waals surface area (Å²) in [5, 5.41) is 13.6. The van der Waals surface area contributed by atoms with Crippen LogP contribution in [0.2, 0.25) is 0 Å². The van der Waals surface area contributed by atoms with E-state index < -0.39 is 23.6 Å². The maximum atomic E-state index is 13.2. The number of para-hydroxylation sites is 1. The second-order valence-electron chi connectivity index (χ2n) is 6.64. The molecule has 1 aliphatic heterocycles. The number of carbonyl (C=O) groups excluding carboxylic acids is 2. The molecule has 2 N–H and O–H groups in total. The Hall–Kier alpha value is -2.92. The Morgan fingerprint density at radius 1 is 1.00 bits per heavy atom. The third kappa shape index (κ3) is 3.02. The highest BCUT2D eigenvalue weighted by atomic mass is 16.3. The predicted octanol–water partition coefficient (Wildman–Crippen LogP) is 3.21. The fourth-order valence-electron chi connectivity index (χ4n) is 3.23. The zero-order valence-electron chi connectivity index (χ0n) is 14.8. The van der Waals surface area contributed by atoms with Gasteiger partial charge in [-0.2, -0.15) is 0 Å². The zero-order valence-corrected chi connectivity index (χ0v) is 14.8. The van der Waals surface area contributed by atoms with Gasteiger partial charge in [0.2, 0.25) is 0 Å². The number of nitrogens with zero attached hydrogens (tertiary/aromatic N) is 1. The monoisotopic (exact) mass is 350 g/mol. The molecule has 1 aliphatic rings. The third-order valence-electron chi connectivity index (χ3n) is 4.74. The van der Waals surface area contributed by atoms with Crippen molar-refractivity contribution in [2.45, 2.75) is 25.5 Å². The minimum Gasteiger partial charge on any atom is -0.386 e. The van der Waals surface area contributed by atoms with Gasteiger partial charge in [-0.3, -0.25) is 4.79 Å². The standard InChI is InChI=1S/C21H22N2O3/c1-15(2)21(18(24)14-13-16-9-5-3-6-10-16)19(25)23(20(26)22-21)17-11-7-4-8-12-17/h3-15,18,24H,1-2H3,(H,22,26)/b14-13+. The van der Waals surface area contributed by atoms with Crippen LogP contribution in [0.3, 0.4) is 0 Å². The molecule has 1 fully saturated rings. The van der Waals surface area contributed by atoms with Crippen LogP contribution < -0.4 is 10.2 Å². The summed E-state index contributed by atoms with van der Waals surface area (Å²) in [6, 6.07) is 17.7. The number of rotatable bonds is 5. The lowest BCUT2D eigenvalue weighted by molar-refractivity contribution is -0.127. The highest BCUT2D eigenvalue weighted by Crippen LogP contribution is 2.33. The second kappa shape index (κ2) is 7.14. The highest BCUT2D eigenvalue weighted by Gasteiger charge is 2.57. The predicted molar refractivity (Wildman–Crippen MR) is 102 cm³/mol. The largest absolute Gasteiger partial charge is 0.386 e. The van der Waals surface area contributed by atoms with Gasteiger partial charge < -0.3 is 10.4 Å². The van der Waals surface area contributed by atoms with E-state index in [1.165, 1.54) is 0 Å². The number of aliphatic hydroxyl groups excluding tert-OH is 1. The number of imide groups is 1. The Labute approximate surface area is 153 Å². The summed E-state index contributed by atoms with van der Waals surface area (Å²) < 4.78 is 0. The Morgan fingerprint density at radius 3 is 2.15 bits per heavy atom. The van der Waals surface area contributed by atoms with E-state index >= 15 is 0 Å². The summed E-state index contributed by atoms with van der Waals surface area (Å²) in [7, 11) is 0. The van der Waals surface area contributed by atoms with Crippen LogP contribution in [0.1, 0.15) is 19.4 Å². The molecule has 3 rings (SSSR count). The Kier molecular flexibility index (Phi) is 4.91. The molecule has 0 bridgehead atoms. The number of amides is 3. The lowest BCUT2D eigenvalue weighted by Crippen LogP contribution is -2.59. The first kappa shape index (κ1) is 17.9. The van der Waals surface area contributed by atoms with Crippen LogP contribution in [-0.2, 0) is 4.79 Å². The molecule has 5 nitrogen and oxygen atoms in total. The van der Waals surface area contributed by atoms with Crippen molar-refractivity contribution in [1.82, 2.24) is 5.32 Å². The lowest BCUT2D eigenvalue weighted by Gasteiger charge is -2.34. The summed E-state index contributed by atoms with van der Waals surface area (Å²) in [6.07, 6.45) is 2.15. The van der Waals surface area contributed by atoms with Gasteiger partial charge in [0.25, 0.3) is 5.91 Å². The average Bonchev–Trinajstić information content (AvgIpc) is 2.93. The maximum absolute atomic E-state index is 13.2. The third-order valence-corrected chi connectivity index (χ3v) is 4.74. The molecule has 0 aromatic heterocycles.